The van der Waals surface area contributed by atoms with Crippen LogP contribution in [-0.2, 0) is 16.2 Å². The summed E-state index contributed by atoms with van der Waals surface area (Å²) in [5, 5.41) is 0. The van der Waals surface area contributed by atoms with Crippen LogP contribution in [0.4, 0.5) is 17.6 Å². The van der Waals surface area contributed by atoms with Crippen molar-refractivity contribution in [2.45, 2.75) is 17.2 Å². The molecule has 3 rings (SSSR count). The molecule has 0 amide bonds. The SMILES string of the molecule is O=S(=O)(c1ccc(F)cc1)N1CC(Oc2cccc(C(F)(F)F)n2)C1. The second kappa shape index (κ2) is 6.26. The highest BCUT2D eigenvalue weighted by atomic mass is 32.2. The van der Waals surface area contributed by atoms with Crippen molar-refractivity contribution >= 4 is 10.0 Å². The van der Waals surface area contributed by atoms with Crippen molar-refractivity contribution in [2.24, 2.45) is 0 Å². The van der Waals surface area contributed by atoms with E-state index in [0.29, 0.717) is 0 Å². The lowest BCUT2D eigenvalue weighted by atomic mass is 10.2. The topological polar surface area (TPSA) is 59.5 Å². The molecule has 2 heterocycles. The number of rotatable bonds is 4. The van der Waals surface area contributed by atoms with Crippen LogP contribution in [0.1, 0.15) is 5.69 Å². The van der Waals surface area contributed by atoms with Gasteiger partial charge in [0.2, 0.25) is 15.9 Å². The summed E-state index contributed by atoms with van der Waals surface area (Å²) in [6.07, 6.45) is -5.19. The van der Waals surface area contributed by atoms with Crippen LogP contribution in [0.3, 0.4) is 0 Å². The zero-order valence-electron chi connectivity index (χ0n) is 12.6. The highest BCUT2D eigenvalue weighted by Gasteiger charge is 2.39. The minimum atomic E-state index is -4.59. The Bertz CT molecular complexity index is 863. The molecular weight excluding hydrogens is 364 g/mol. The average molecular weight is 376 g/mol. The van der Waals surface area contributed by atoms with Crippen molar-refractivity contribution in [2.75, 3.05) is 13.1 Å². The van der Waals surface area contributed by atoms with Gasteiger partial charge >= 0.3 is 6.18 Å². The van der Waals surface area contributed by atoms with Gasteiger partial charge in [-0.3, -0.25) is 0 Å². The Labute approximate surface area is 140 Å². The summed E-state index contributed by atoms with van der Waals surface area (Å²) in [4.78, 5) is 3.30. The van der Waals surface area contributed by atoms with Gasteiger partial charge in [-0.2, -0.15) is 17.5 Å². The van der Waals surface area contributed by atoms with Crippen LogP contribution in [-0.4, -0.2) is 36.9 Å². The molecule has 134 valence electrons. The fourth-order valence-electron chi connectivity index (χ4n) is 2.24. The molecule has 0 spiro atoms. The molecule has 10 heteroatoms. The van der Waals surface area contributed by atoms with Gasteiger partial charge in [-0.25, -0.2) is 17.8 Å². The van der Waals surface area contributed by atoms with Gasteiger partial charge in [0.05, 0.1) is 18.0 Å². The van der Waals surface area contributed by atoms with E-state index in [9.17, 15) is 26.0 Å². The molecule has 5 nitrogen and oxygen atoms in total. The van der Waals surface area contributed by atoms with Crippen LogP contribution >= 0.6 is 0 Å². The molecule has 0 N–H and O–H groups in total. The van der Waals surface area contributed by atoms with Gasteiger partial charge in [-0.1, -0.05) is 6.07 Å². The lowest BCUT2D eigenvalue weighted by Crippen LogP contribution is -2.56. The molecule has 0 atom stereocenters. The van der Waals surface area contributed by atoms with E-state index in [1.54, 1.807) is 0 Å². The number of benzene rings is 1. The highest BCUT2D eigenvalue weighted by molar-refractivity contribution is 7.89. The largest absolute Gasteiger partial charge is 0.472 e. The first kappa shape index (κ1) is 17.6. The Morgan fingerprint density at radius 1 is 1.08 bits per heavy atom. The van der Waals surface area contributed by atoms with E-state index < -0.39 is 33.8 Å². The number of halogens is 4. The number of hydrogen-bond acceptors (Lipinski definition) is 4. The van der Waals surface area contributed by atoms with Gasteiger partial charge in [0.15, 0.2) is 0 Å². The first-order chi connectivity index (χ1) is 11.7. The van der Waals surface area contributed by atoms with Crippen LogP contribution in [0, 0.1) is 5.82 Å². The number of hydrogen-bond donors (Lipinski definition) is 0. The van der Waals surface area contributed by atoms with E-state index in [0.717, 1.165) is 40.7 Å². The van der Waals surface area contributed by atoms with Crippen LogP contribution in [0.2, 0.25) is 0 Å². The maximum atomic E-state index is 12.9. The van der Waals surface area contributed by atoms with Gasteiger partial charge < -0.3 is 4.74 Å². The molecule has 1 aromatic heterocycles. The Balaban J connectivity index is 1.64. The number of aromatic nitrogens is 1. The molecule has 25 heavy (non-hydrogen) atoms. The zero-order chi connectivity index (χ0) is 18.2. The van der Waals surface area contributed by atoms with Crippen molar-refractivity contribution in [3.63, 3.8) is 0 Å². The third kappa shape index (κ3) is 3.74. The van der Waals surface area contributed by atoms with Gasteiger partial charge in [0.25, 0.3) is 0 Å². The van der Waals surface area contributed by atoms with Crippen LogP contribution in [0.5, 0.6) is 5.88 Å². The Hall–Kier alpha value is -2.20. The molecule has 1 aliphatic heterocycles. The van der Waals surface area contributed by atoms with Crippen molar-refractivity contribution in [1.82, 2.24) is 9.29 Å². The molecule has 2 aromatic rings. The highest BCUT2D eigenvalue weighted by Crippen LogP contribution is 2.30. The molecule has 0 aliphatic carbocycles. The minimum absolute atomic E-state index is 0.0301. The minimum Gasteiger partial charge on any atom is -0.472 e. The van der Waals surface area contributed by atoms with Crippen molar-refractivity contribution in [1.29, 1.82) is 0 Å². The standard InChI is InChI=1S/C15H12F4N2O3S/c16-10-4-6-12(7-5-10)25(22,23)21-8-11(9-21)24-14-3-1-2-13(20-14)15(17,18)19/h1-7,11H,8-9H2. The first-order valence-corrected chi connectivity index (χ1v) is 8.57. The molecule has 1 aromatic carbocycles. The van der Waals surface area contributed by atoms with E-state index in [-0.39, 0.29) is 23.9 Å². The lowest BCUT2D eigenvalue weighted by molar-refractivity contribution is -0.141. The normalized spacial score (nSPS) is 16.5. The lowest BCUT2D eigenvalue weighted by Gasteiger charge is -2.37. The smallest absolute Gasteiger partial charge is 0.433 e. The van der Waals surface area contributed by atoms with Gasteiger partial charge in [0.1, 0.15) is 17.6 Å². The molecule has 0 bridgehead atoms. The summed E-state index contributed by atoms with van der Waals surface area (Å²) < 4.78 is 81.7. The summed E-state index contributed by atoms with van der Waals surface area (Å²) in [5.41, 5.74) is -1.08. The molecule has 1 saturated heterocycles. The van der Waals surface area contributed by atoms with Crippen LogP contribution in [0.15, 0.2) is 47.4 Å². The number of alkyl halides is 3. The molecule has 1 aliphatic rings. The summed E-state index contributed by atoms with van der Waals surface area (Å²) in [6, 6.07) is 7.61. The fourth-order valence-corrected chi connectivity index (χ4v) is 3.74. The summed E-state index contributed by atoms with van der Waals surface area (Å²) in [7, 11) is -3.79. The van der Waals surface area contributed by atoms with E-state index in [4.69, 9.17) is 4.74 Å². The second-order valence-electron chi connectivity index (χ2n) is 5.37. The first-order valence-electron chi connectivity index (χ1n) is 7.13. The van der Waals surface area contributed by atoms with E-state index >= 15 is 0 Å². The maximum absolute atomic E-state index is 12.9. The van der Waals surface area contributed by atoms with Gasteiger partial charge in [0, 0.05) is 6.07 Å². The Morgan fingerprint density at radius 2 is 1.72 bits per heavy atom. The van der Waals surface area contributed by atoms with Gasteiger partial charge in [-0.15, -0.1) is 0 Å². The number of sulfonamides is 1. The zero-order valence-corrected chi connectivity index (χ0v) is 13.4. The third-order valence-corrected chi connectivity index (χ3v) is 5.41. The molecular formula is C15H12F4N2O3S. The fraction of sp³-hybridized carbons (Fsp3) is 0.267. The number of nitrogens with zero attached hydrogens (tertiary/aromatic N) is 2. The number of pyridine rings is 1. The van der Waals surface area contributed by atoms with E-state index in [1.165, 1.54) is 6.07 Å². The van der Waals surface area contributed by atoms with Crippen molar-refractivity contribution in [3.05, 3.63) is 54.0 Å². The summed E-state index contributed by atoms with van der Waals surface area (Å²) >= 11 is 0. The predicted octanol–water partition coefficient (Wildman–Crippen LogP) is 2.69. The van der Waals surface area contributed by atoms with Gasteiger partial charge in [-0.05, 0) is 30.3 Å². The summed E-state index contributed by atoms with van der Waals surface area (Å²) in [5.74, 6) is -0.780. The second-order valence-corrected chi connectivity index (χ2v) is 7.31. The summed E-state index contributed by atoms with van der Waals surface area (Å²) in [6.45, 7) is -0.0602. The number of ether oxygens (including phenoxy) is 1. The predicted molar refractivity (Wildman–Crippen MR) is 78.8 cm³/mol. The molecule has 0 saturated carbocycles. The molecule has 0 unspecified atom stereocenters. The molecule has 0 radical (unpaired) electrons. The van der Waals surface area contributed by atoms with Crippen LogP contribution in [0.25, 0.3) is 0 Å². The Morgan fingerprint density at radius 3 is 2.32 bits per heavy atom. The molecule has 1 fully saturated rings. The van der Waals surface area contributed by atoms with E-state index in [1.807, 2.05) is 0 Å². The van der Waals surface area contributed by atoms with E-state index in [2.05, 4.69) is 4.98 Å². The maximum Gasteiger partial charge on any atom is 0.433 e. The van der Waals surface area contributed by atoms with Crippen molar-refractivity contribution < 1.29 is 30.7 Å². The Kier molecular flexibility index (Phi) is 4.41. The van der Waals surface area contributed by atoms with Crippen molar-refractivity contribution in [3.8, 4) is 5.88 Å². The third-order valence-electron chi connectivity index (χ3n) is 3.57. The quantitative estimate of drug-likeness (QED) is 0.770. The average Bonchev–Trinajstić information content (AvgIpc) is 2.50. The van der Waals surface area contributed by atoms with Crippen LogP contribution < -0.4 is 4.74 Å². The monoisotopic (exact) mass is 376 g/mol.